The van der Waals surface area contributed by atoms with E-state index in [1.807, 2.05) is 6.92 Å². The molecule has 0 aliphatic heterocycles. The van der Waals surface area contributed by atoms with Gasteiger partial charge in [0.25, 0.3) is 0 Å². The van der Waals surface area contributed by atoms with Crippen molar-refractivity contribution in [3.8, 4) is 5.75 Å². The van der Waals surface area contributed by atoms with Gasteiger partial charge in [-0.15, -0.1) is 0 Å². The smallest absolute Gasteiger partial charge is 0.154 e. The Hall–Kier alpha value is -0.910. The monoisotopic (exact) mass is 304 g/mol. The Morgan fingerprint density at radius 1 is 1.24 bits per heavy atom. The third kappa shape index (κ3) is 6.41. The third-order valence-electron chi connectivity index (χ3n) is 1.99. The molecule has 0 atom stereocenters. The summed E-state index contributed by atoms with van der Waals surface area (Å²) in [6.07, 6.45) is 0.704. The average molecular weight is 305 g/mol. The summed E-state index contributed by atoms with van der Waals surface area (Å²) in [4.78, 5) is 10.4. The number of benzene rings is 1. The lowest BCUT2D eigenvalue weighted by atomic mass is 10.2. The van der Waals surface area contributed by atoms with Gasteiger partial charge in [0.05, 0.1) is 12.7 Å². The standard InChI is InChI=1S/C8H7BrO2.C4H10O2/c1-11-8-4-7(9)3-2-6(8)5-10;1-4(5-2)6-3/h2-5H,1H3;4H,1-3H3. The SMILES string of the molecule is COC(C)OC.COc1cc(Br)ccc1C=O. The van der Waals surface area contributed by atoms with Crippen LogP contribution in [0.15, 0.2) is 22.7 Å². The molecule has 0 unspecified atom stereocenters. The fourth-order valence-corrected chi connectivity index (χ4v) is 1.22. The van der Waals surface area contributed by atoms with E-state index >= 15 is 0 Å². The highest BCUT2D eigenvalue weighted by atomic mass is 79.9. The van der Waals surface area contributed by atoms with Crippen molar-refractivity contribution in [2.24, 2.45) is 0 Å². The van der Waals surface area contributed by atoms with Crippen molar-refractivity contribution >= 4 is 22.2 Å². The van der Waals surface area contributed by atoms with Crippen LogP contribution < -0.4 is 4.74 Å². The molecule has 1 aromatic carbocycles. The van der Waals surface area contributed by atoms with E-state index in [0.717, 1.165) is 10.8 Å². The first kappa shape index (κ1) is 16.1. The van der Waals surface area contributed by atoms with E-state index in [4.69, 9.17) is 4.74 Å². The largest absolute Gasteiger partial charge is 0.496 e. The highest BCUT2D eigenvalue weighted by Gasteiger charge is 2.00. The van der Waals surface area contributed by atoms with Gasteiger partial charge in [0, 0.05) is 18.7 Å². The van der Waals surface area contributed by atoms with E-state index in [9.17, 15) is 4.79 Å². The van der Waals surface area contributed by atoms with Crippen molar-refractivity contribution in [3.63, 3.8) is 0 Å². The molecule has 0 aromatic heterocycles. The maximum absolute atomic E-state index is 10.4. The molecule has 0 spiro atoms. The summed E-state index contributed by atoms with van der Waals surface area (Å²) >= 11 is 3.27. The summed E-state index contributed by atoms with van der Waals surface area (Å²) in [5.41, 5.74) is 0.565. The average Bonchev–Trinajstić information content (AvgIpc) is 2.38. The fourth-order valence-electron chi connectivity index (χ4n) is 0.879. The quantitative estimate of drug-likeness (QED) is 0.634. The molecule has 17 heavy (non-hydrogen) atoms. The minimum absolute atomic E-state index is 0.0648. The summed E-state index contributed by atoms with van der Waals surface area (Å²) in [6, 6.07) is 5.26. The van der Waals surface area contributed by atoms with Gasteiger partial charge in [-0.1, -0.05) is 15.9 Å². The molecule has 0 N–H and O–H groups in total. The molecule has 1 rings (SSSR count). The molecule has 0 aliphatic carbocycles. The Kier molecular flexibility index (Phi) is 8.66. The van der Waals surface area contributed by atoms with Crippen LogP contribution in [0.5, 0.6) is 5.75 Å². The Bertz CT molecular complexity index is 337. The maximum Gasteiger partial charge on any atom is 0.154 e. The zero-order valence-corrected chi connectivity index (χ0v) is 12.0. The third-order valence-corrected chi connectivity index (χ3v) is 2.48. The second kappa shape index (κ2) is 9.15. The first-order chi connectivity index (χ1) is 8.08. The minimum Gasteiger partial charge on any atom is -0.496 e. The number of aldehydes is 1. The van der Waals surface area contributed by atoms with Crippen LogP contribution in [0.25, 0.3) is 0 Å². The molecule has 0 bridgehead atoms. The number of hydrogen-bond acceptors (Lipinski definition) is 4. The Morgan fingerprint density at radius 3 is 2.18 bits per heavy atom. The molecule has 0 radical (unpaired) electrons. The molecule has 0 saturated carbocycles. The van der Waals surface area contributed by atoms with Crippen LogP contribution in [0.2, 0.25) is 0 Å². The minimum atomic E-state index is -0.0648. The highest BCUT2D eigenvalue weighted by Crippen LogP contribution is 2.21. The molecule has 1 aromatic rings. The lowest BCUT2D eigenvalue weighted by Gasteiger charge is -2.03. The Morgan fingerprint density at radius 2 is 1.82 bits per heavy atom. The number of methoxy groups -OCH3 is 3. The first-order valence-corrected chi connectivity index (χ1v) is 5.72. The second-order valence-corrected chi connectivity index (χ2v) is 3.96. The number of ether oxygens (including phenoxy) is 3. The summed E-state index contributed by atoms with van der Waals surface area (Å²) in [7, 11) is 4.75. The van der Waals surface area contributed by atoms with Crippen LogP contribution in [0.3, 0.4) is 0 Å². The predicted molar refractivity (Wildman–Crippen MR) is 69.6 cm³/mol. The van der Waals surface area contributed by atoms with E-state index in [2.05, 4.69) is 25.4 Å². The molecular weight excluding hydrogens is 288 g/mol. The molecule has 96 valence electrons. The second-order valence-electron chi connectivity index (χ2n) is 3.04. The van der Waals surface area contributed by atoms with E-state index < -0.39 is 0 Å². The van der Waals surface area contributed by atoms with Gasteiger partial charge in [-0.05, 0) is 25.1 Å². The van der Waals surface area contributed by atoms with Gasteiger partial charge >= 0.3 is 0 Å². The maximum atomic E-state index is 10.4. The van der Waals surface area contributed by atoms with Gasteiger partial charge in [-0.3, -0.25) is 4.79 Å². The number of carbonyl (C=O) groups excluding carboxylic acids is 1. The van der Waals surface area contributed by atoms with Crippen molar-refractivity contribution in [2.45, 2.75) is 13.2 Å². The fraction of sp³-hybridized carbons (Fsp3) is 0.417. The van der Waals surface area contributed by atoms with E-state index in [-0.39, 0.29) is 6.29 Å². The molecule has 0 amide bonds. The van der Waals surface area contributed by atoms with Crippen LogP contribution in [0.4, 0.5) is 0 Å². The summed E-state index contributed by atoms with van der Waals surface area (Å²) < 4.78 is 15.2. The van der Waals surface area contributed by atoms with Gasteiger partial charge in [0.15, 0.2) is 12.6 Å². The number of carbonyl (C=O) groups is 1. The number of halogens is 1. The molecule has 4 nitrogen and oxygen atoms in total. The lowest BCUT2D eigenvalue weighted by molar-refractivity contribution is -0.0877. The van der Waals surface area contributed by atoms with Crippen molar-refractivity contribution in [2.75, 3.05) is 21.3 Å². The summed E-state index contributed by atoms with van der Waals surface area (Å²) in [6.45, 7) is 1.83. The van der Waals surface area contributed by atoms with Gasteiger partial charge in [-0.25, -0.2) is 0 Å². The Balaban J connectivity index is 0.000000366. The molecule has 5 heteroatoms. The van der Waals surface area contributed by atoms with Crippen molar-refractivity contribution in [3.05, 3.63) is 28.2 Å². The Labute approximate surface area is 110 Å². The topological polar surface area (TPSA) is 44.8 Å². The van der Waals surface area contributed by atoms with Gasteiger partial charge in [-0.2, -0.15) is 0 Å². The number of hydrogen-bond donors (Lipinski definition) is 0. The zero-order chi connectivity index (χ0) is 13.3. The van der Waals surface area contributed by atoms with Crippen LogP contribution in [-0.2, 0) is 9.47 Å². The lowest BCUT2D eigenvalue weighted by Crippen LogP contribution is -2.05. The molecular formula is C12H17BrO4. The van der Waals surface area contributed by atoms with E-state index in [1.165, 1.54) is 7.11 Å². The van der Waals surface area contributed by atoms with Crippen molar-refractivity contribution in [1.29, 1.82) is 0 Å². The van der Waals surface area contributed by atoms with Gasteiger partial charge < -0.3 is 14.2 Å². The molecule has 0 saturated heterocycles. The van der Waals surface area contributed by atoms with Crippen LogP contribution in [0.1, 0.15) is 17.3 Å². The number of rotatable bonds is 4. The normalized spacial score (nSPS) is 9.53. The van der Waals surface area contributed by atoms with E-state index in [0.29, 0.717) is 11.3 Å². The van der Waals surface area contributed by atoms with Crippen molar-refractivity contribution in [1.82, 2.24) is 0 Å². The first-order valence-electron chi connectivity index (χ1n) is 4.93. The van der Waals surface area contributed by atoms with Crippen LogP contribution in [0, 0.1) is 0 Å². The van der Waals surface area contributed by atoms with E-state index in [1.54, 1.807) is 32.4 Å². The molecule has 0 fully saturated rings. The summed E-state index contributed by atoms with van der Waals surface area (Å²) in [5, 5.41) is 0. The van der Waals surface area contributed by atoms with Gasteiger partial charge in [0.1, 0.15) is 5.75 Å². The van der Waals surface area contributed by atoms with Crippen LogP contribution >= 0.6 is 15.9 Å². The molecule has 0 heterocycles. The molecule has 0 aliphatic rings. The van der Waals surface area contributed by atoms with Gasteiger partial charge in [0.2, 0.25) is 0 Å². The zero-order valence-electron chi connectivity index (χ0n) is 10.4. The van der Waals surface area contributed by atoms with Crippen molar-refractivity contribution < 1.29 is 19.0 Å². The van der Waals surface area contributed by atoms with Crippen LogP contribution in [-0.4, -0.2) is 33.9 Å². The summed E-state index contributed by atoms with van der Waals surface area (Å²) in [5.74, 6) is 0.592. The highest BCUT2D eigenvalue weighted by molar-refractivity contribution is 9.10. The predicted octanol–water partition coefficient (Wildman–Crippen LogP) is 2.90.